The summed E-state index contributed by atoms with van der Waals surface area (Å²) in [5.41, 5.74) is 6.74. The number of piperazine rings is 1. The second-order valence-electron chi connectivity index (χ2n) is 18.1. The number of fused-ring (bicyclic) bond motifs is 2. The van der Waals surface area contributed by atoms with Crippen molar-refractivity contribution < 1.29 is 23.3 Å². The van der Waals surface area contributed by atoms with Gasteiger partial charge in [-0.15, -0.1) is 0 Å². The molecule has 0 spiro atoms. The van der Waals surface area contributed by atoms with Gasteiger partial charge in [0.25, 0.3) is 0 Å². The van der Waals surface area contributed by atoms with E-state index in [1.807, 2.05) is 37.6 Å². The monoisotopic (exact) mass is 1020 g/mol. The Labute approximate surface area is 405 Å². The number of nitrogens with one attached hydrogen (secondary N) is 3. The largest absolute Gasteiger partial charge is 0.494 e. The molecule has 3 aliphatic heterocycles. The standard InChI is InChI=1S/C47H52BrFN15O4P/c1-59-27-29(24-53-59)30-21-36(55-46-52-25-32(48)44(57-46)54-35-7-6-34-42(51-12-11-50-34)43(35)69(4,5)67)40(68-3)23-38(30)62-13-8-28(9-14-62)26-61-16-18-63(19-17-61)39-22-37-31(20-33(39)49)45(58-60(37)2)64-15-10-41(65)56-47(64)66/h6-7,11-12,20-25,27-28H,8-10,13-19,26H2,1-5H3,(H,56,65,66)(H2,52,54,55,57). The number of anilines is 7. The molecule has 3 amide bonds. The summed E-state index contributed by atoms with van der Waals surface area (Å²) in [6.45, 7) is 9.29. The van der Waals surface area contributed by atoms with Crippen molar-refractivity contribution in [2.75, 3.05) is 98.1 Å². The van der Waals surface area contributed by atoms with Crippen LogP contribution in [-0.4, -0.2) is 129 Å². The Kier molecular flexibility index (Phi) is 12.5. The predicted octanol–water partition coefficient (Wildman–Crippen LogP) is 6.84. The van der Waals surface area contributed by atoms with Gasteiger partial charge in [-0.25, -0.2) is 14.2 Å². The van der Waals surface area contributed by atoms with E-state index in [1.54, 1.807) is 55.4 Å². The number of methoxy groups -OCH3 is 1. The lowest BCUT2D eigenvalue weighted by molar-refractivity contribution is -0.120. The van der Waals surface area contributed by atoms with E-state index >= 15 is 4.39 Å². The Morgan fingerprint density at radius 3 is 2.39 bits per heavy atom. The molecule has 3 fully saturated rings. The van der Waals surface area contributed by atoms with Gasteiger partial charge in [0.1, 0.15) is 30.0 Å². The van der Waals surface area contributed by atoms with Crippen LogP contribution in [0.3, 0.4) is 0 Å². The number of aromatic nitrogens is 8. The maximum absolute atomic E-state index is 15.8. The van der Waals surface area contributed by atoms with Crippen LogP contribution in [0.15, 0.2) is 71.9 Å². The summed E-state index contributed by atoms with van der Waals surface area (Å²) >= 11 is 3.60. The van der Waals surface area contributed by atoms with Crippen molar-refractivity contribution in [2.24, 2.45) is 20.0 Å². The number of ether oxygens (including phenoxy) is 1. The molecule has 3 saturated heterocycles. The zero-order chi connectivity index (χ0) is 48.1. The minimum atomic E-state index is -2.82. The van der Waals surface area contributed by atoms with Crippen molar-refractivity contribution in [3.05, 3.63) is 77.7 Å². The Bertz CT molecular complexity index is 3180. The van der Waals surface area contributed by atoms with Gasteiger partial charge in [0.2, 0.25) is 11.9 Å². The van der Waals surface area contributed by atoms with Crippen LogP contribution >= 0.6 is 23.1 Å². The Hall–Kier alpha value is -6.70. The molecule has 0 unspecified atom stereocenters. The minimum absolute atomic E-state index is 0.160. The van der Waals surface area contributed by atoms with E-state index in [9.17, 15) is 14.2 Å². The highest BCUT2D eigenvalue weighted by atomic mass is 79.9. The van der Waals surface area contributed by atoms with Crippen molar-refractivity contribution in [2.45, 2.75) is 19.3 Å². The van der Waals surface area contributed by atoms with Crippen LogP contribution in [0.25, 0.3) is 33.1 Å². The summed E-state index contributed by atoms with van der Waals surface area (Å²) in [5.74, 6) is 1.55. The predicted molar refractivity (Wildman–Crippen MR) is 270 cm³/mol. The number of rotatable bonds is 12. The van der Waals surface area contributed by atoms with E-state index < -0.39 is 13.2 Å². The third-order valence-corrected chi connectivity index (χ3v) is 15.2. The van der Waals surface area contributed by atoms with E-state index in [-0.39, 0.29) is 24.7 Å². The molecule has 0 radical (unpaired) electrons. The fourth-order valence-electron chi connectivity index (χ4n) is 9.67. The van der Waals surface area contributed by atoms with Crippen LogP contribution in [0.5, 0.6) is 5.75 Å². The lowest BCUT2D eigenvalue weighted by Crippen LogP contribution is -2.49. The average Bonchev–Trinajstić information content (AvgIpc) is 3.91. The zero-order valence-electron chi connectivity index (χ0n) is 38.9. The van der Waals surface area contributed by atoms with E-state index in [4.69, 9.17) is 9.72 Å². The van der Waals surface area contributed by atoms with Gasteiger partial charge in [-0.1, -0.05) is 0 Å². The van der Waals surface area contributed by atoms with Crippen LogP contribution in [0, 0.1) is 11.7 Å². The number of imide groups is 1. The van der Waals surface area contributed by atoms with Gasteiger partial charge in [-0.2, -0.15) is 15.2 Å². The summed E-state index contributed by atoms with van der Waals surface area (Å²) in [5, 5.41) is 19.3. The van der Waals surface area contributed by atoms with Crippen molar-refractivity contribution >= 4 is 103 Å². The van der Waals surface area contributed by atoms with Crippen molar-refractivity contribution in [1.82, 2.24) is 49.7 Å². The lowest BCUT2D eigenvalue weighted by Gasteiger charge is -2.40. The van der Waals surface area contributed by atoms with Gasteiger partial charge < -0.3 is 29.7 Å². The molecular weight excluding hydrogens is 968 g/mol. The Morgan fingerprint density at radius 1 is 0.899 bits per heavy atom. The molecule has 7 aromatic rings. The molecule has 0 atom stereocenters. The highest BCUT2D eigenvalue weighted by molar-refractivity contribution is 9.10. The second kappa shape index (κ2) is 18.7. The van der Waals surface area contributed by atoms with Crippen LogP contribution in [0.2, 0.25) is 0 Å². The molecule has 0 bridgehead atoms. The summed E-state index contributed by atoms with van der Waals surface area (Å²) in [7, 11) is 2.52. The second-order valence-corrected chi connectivity index (χ2v) is 22.1. The number of aryl methyl sites for hydroxylation is 2. The average molecular weight is 1020 g/mol. The summed E-state index contributed by atoms with van der Waals surface area (Å²) in [6, 6.07) is 10.5. The number of halogens is 2. The SMILES string of the molecule is COc1cc(N2CCC(CN3CCN(c4cc5c(cc4F)c(N4CCC(=O)NC4=O)nn5C)CC3)CC2)c(-c2cnn(C)c2)cc1Nc1ncc(Br)c(Nc2ccc3nccnc3c2P(C)(C)=O)n1. The Balaban J connectivity index is 0.814. The van der Waals surface area contributed by atoms with Crippen molar-refractivity contribution in [1.29, 1.82) is 0 Å². The summed E-state index contributed by atoms with van der Waals surface area (Å²) in [6.07, 6.45) is 10.9. The topological polar surface area (TPSA) is 197 Å². The van der Waals surface area contributed by atoms with Crippen LogP contribution in [-0.2, 0) is 23.5 Å². The van der Waals surface area contributed by atoms with Crippen molar-refractivity contribution in [3.8, 4) is 16.9 Å². The first-order valence-electron chi connectivity index (χ1n) is 22.8. The Morgan fingerprint density at radius 2 is 1.67 bits per heavy atom. The van der Waals surface area contributed by atoms with Gasteiger partial charge in [0.05, 0.1) is 51.2 Å². The number of benzene rings is 3. The van der Waals surface area contributed by atoms with Gasteiger partial charge in [0, 0.05) is 126 Å². The minimum Gasteiger partial charge on any atom is -0.494 e. The number of hydrogen-bond acceptors (Lipinski definition) is 15. The number of amides is 3. The summed E-state index contributed by atoms with van der Waals surface area (Å²) in [4.78, 5) is 51.1. The number of nitrogens with zero attached hydrogens (tertiary/aromatic N) is 12. The molecule has 3 N–H and O–H groups in total. The molecule has 4 aromatic heterocycles. The van der Waals surface area contributed by atoms with Gasteiger partial charge in [-0.05, 0) is 78.4 Å². The molecular formula is C47H52BrFN15O4P. The van der Waals surface area contributed by atoms with Gasteiger partial charge in [-0.3, -0.25) is 39.2 Å². The molecule has 69 heavy (non-hydrogen) atoms. The lowest BCUT2D eigenvalue weighted by atomic mass is 9.94. The summed E-state index contributed by atoms with van der Waals surface area (Å²) < 4.78 is 39.5. The fourth-order valence-corrected chi connectivity index (χ4v) is 11.4. The molecule has 19 nitrogen and oxygen atoms in total. The van der Waals surface area contributed by atoms with Crippen LogP contribution in [0.1, 0.15) is 19.3 Å². The molecule has 22 heteroatoms. The first-order chi connectivity index (χ1) is 33.2. The maximum atomic E-state index is 15.8. The number of urea groups is 1. The molecule has 10 rings (SSSR count). The van der Waals surface area contributed by atoms with Crippen molar-refractivity contribution in [3.63, 3.8) is 0 Å². The molecule has 358 valence electrons. The highest BCUT2D eigenvalue weighted by Gasteiger charge is 2.31. The molecule has 7 heterocycles. The van der Waals surface area contributed by atoms with E-state index in [1.165, 1.54) is 11.0 Å². The number of hydrogen-bond donors (Lipinski definition) is 3. The van der Waals surface area contributed by atoms with E-state index in [2.05, 4.69) is 83.9 Å². The molecule has 3 aromatic carbocycles. The molecule has 0 aliphatic carbocycles. The first-order valence-corrected chi connectivity index (χ1v) is 26.2. The van der Waals surface area contributed by atoms with Gasteiger partial charge in [0.15, 0.2) is 5.82 Å². The first kappa shape index (κ1) is 46.1. The number of carbonyl (C=O) groups is 2. The number of piperidine rings is 1. The van der Waals surface area contributed by atoms with Gasteiger partial charge >= 0.3 is 6.03 Å². The van der Waals surface area contributed by atoms with E-state index in [0.29, 0.717) is 91.1 Å². The molecule has 3 aliphatic rings. The quantitative estimate of drug-likeness (QED) is 0.108. The maximum Gasteiger partial charge on any atom is 0.329 e. The smallest absolute Gasteiger partial charge is 0.329 e. The van der Waals surface area contributed by atoms with E-state index in [0.717, 1.165) is 62.4 Å². The fraction of sp³-hybridized carbons (Fsp3) is 0.362. The van der Waals surface area contributed by atoms with Crippen LogP contribution in [0.4, 0.5) is 49.5 Å². The highest BCUT2D eigenvalue weighted by Crippen LogP contribution is 2.44. The number of carbonyl (C=O) groups excluding carboxylic acids is 2. The van der Waals surface area contributed by atoms with Crippen LogP contribution < -0.4 is 40.7 Å². The zero-order valence-corrected chi connectivity index (χ0v) is 41.4. The normalized spacial score (nSPS) is 16.4. The third kappa shape index (κ3) is 9.29. The molecule has 0 saturated carbocycles. The third-order valence-electron chi connectivity index (χ3n) is 13.1.